The molecule has 0 aromatic heterocycles. The number of hydrogen-bond donors (Lipinski definition) is 3. The molecule has 0 bridgehead atoms. The van der Waals surface area contributed by atoms with E-state index in [1.807, 2.05) is 12.1 Å². The molecular weight excluding hydrogens is 320 g/mol. The molecule has 3 N–H and O–H groups in total. The number of ether oxygens (including phenoxy) is 2. The first kappa shape index (κ1) is 17.6. The van der Waals surface area contributed by atoms with Gasteiger partial charge in [-0.3, -0.25) is 0 Å². The molecule has 1 aliphatic rings. The maximum Gasteiger partial charge on any atom is 0.160 e. The molecule has 2 aromatic rings. The second-order valence-corrected chi connectivity index (χ2v) is 6.51. The van der Waals surface area contributed by atoms with Crippen molar-refractivity contribution in [3.8, 4) is 17.2 Å². The van der Waals surface area contributed by atoms with Gasteiger partial charge in [-0.25, -0.2) is 0 Å². The molecule has 0 unspecified atom stereocenters. The predicted molar refractivity (Wildman–Crippen MR) is 93.9 cm³/mol. The van der Waals surface area contributed by atoms with Gasteiger partial charge in [-0.15, -0.1) is 0 Å². The summed E-state index contributed by atoms with van der Waals surface area (Å²) in [4.78, 5) is 0. The van der Waals surface area contributed by atoms with Gasteiger partial charge in [-0.05, 0) is 54.7 Å². The van der Waals surface area contributed by atoms with Crippen LogP contribution in [-0.2, 0) is 11.2 Å². The molecule has 134 valence electrons. The van der Waals surface area contributed by atoms with E-state index in [9.17, 15) is 15.3 Å². The first-order chi connectivity index (χ1) is 12.0. The molecule has 25 heavy (non-hydrogen) atoms. The number of rotatable bonds is 5. The van der Waals surface area contributed by atoms with E-state index < -0.39 is 6.10 Å². The van der Waals surface area contributed by atoms with Crippen molar-refractivity contribution in [1.82, 2.24) is 0 Å². The maximum absolute atomic E-state index is 10.2. The first-order valence-corrected chi connectivity index (χ1v) is 8.53. The van der Waals surface area contributed by atoms with Crippen LogP contribution in [0.4, 0.5) is 0 Å². The number of aliphatic hydroxyl groups excluding tert-OH is 1. The molecule has 5 nitrogen and oxygen atoms in total. The summed E-state index contributed by atoms with van der Waals surface area (Å²) in [5.74, 6) is 0.753. The summed E-state index contributed by atoms with van der Waals surface area (Å²) in [6, 6.07) is 12.3. The Bertz CT molecular complexity index is 698. The van der Waals surface area contributed by atoms with Crippen LogP contribution in [-0.4, -0.2) is 34.6 Å². The Labute approximate surface area is 147 Å². The Morgan fingerprint density at radius 2 is 1.84 bits per heavy atom. The van der Waals surface area contributed by atoms with Gasteiger partial charge in [0.25, 0.3) is 0 Å². The van der Waals surface area contributed by atoms with E-state index in [0.717, 1.165) is 24.0 Å². The van der Waals surface area contributed by atoms with E-state index in [-0.39, 0.29) is 23.7 Å². The van der Waals surface area contributed by atoms with Crippen molar-refractivity contribution in [3.05, 3.63) is 53.6 Å². The fraction of sp³-hybridized carbons (Fsp3) is 0.400. The van der Waals surface area contributed by atoms with Gasteiger partial charge in [0.15, 0.2) is 11.5 Å². The lowest BCUT2D eigenvalue weighted by Crippen LogP contribution is -2.31. The van der Waals surface area contributed by atoms with Gasteiger partial charge in [-0.2, -0.15) is 0 Å². The van der Waals surface area contributed by atoms with E-state index in [1.54, 1.807) is 30.3 Å². The van der Waals surface area contributed by atoms with E-state index in [0.29, 0.717) is 18.6 Å². The summed E-state index contributed by atoms with van der Waals surface area (Å²) in [5.41, 5.74) is 2.02. The number of phenols is 2. The SMILES string of the molecule is COc1cc([C@H]2C[C@H](O)C[C@H](CCc3ccc(O)cc3)O2)ccc1O. The molecule has 3 atom stereocenters. The third-order valence-corrected chi connectivity index (χ3v) is 4.64. The van der Waals surface area contributed by atoms with Crippen LogP contribution in [0.5, 0.6) is 17.2 Å². The van der Waals surface area contributed by atoms with Crippen LogP contribution in [0.3, 0.4) is 0 Å². The largest absolute Gasteiger partial charge is 0.508 e. The van der Waals surface area contributed by atoms with Crippen molar-refractivity contribution in [1.29, 1.82) is 0 Å². The van der Waals surface area contributed by atoms with Crippen molar-refractivity contribution in [2.24, 2.45) is 0 Å². The lowest BCUT2D eigenvalue weighted by atomic mass is 9.93. The molecule has 2 aromatic carbocycles. The molecule has 3 rings (SSSR count). The molecule has 0 spiro atoms. The van der Waals surface area contributed by atoms with Gasteiger partial charge < -0.3 is 24.8 Å². The molecule has 1 saturated heterocycles. The minimum atomic E-state index is -0.414. The monoisotopic (exact) mass is 344 g/mol. The topological polar surface area (TPSA) is 79.2 Å². The predicted octanol–water partition coefficient (Wildman–Crippen LogP) is 3.32. The Hall–Kier alpha value is -2.24. The maximum atomic E-state index is 10.2. The lowest BCUT2D eigenvalue weighted by molar-refractivity contribution is -0.0998. The zero-order valence-corrected chi connectivity index (χ0v) is 14.3. The lowest BCUT2D eigenvalue weighted by Gasteiger charge is -2.33. The van der Waals surface area contributed by atoms with Crippen molar-refractivity contribution in [2.75, 3.05) is 7.11 Å². The Kier molecular flexibility index (Phi) is 5.46. The number of methoxy groups -OCH3 is 1. The van der Waals surface area contributed by atoms with Crippen LogP contribution < -0.4 is 4.74 Å². The number of benzene rings is 2. The highest BCUT2D eigenvalue weighted by Gasteiger charge is 2.29. The number of aromatic hydroxyl groups is 2. The van der Waals surface area contributed by atoms with Crippen molar-refractivity contribution in [2.45, 2.75) is 44.0 Å². The number of phenolic OH excluding ortho intramolecular Hbond substituents is 2. The van der Waals surface area contributed by atoms with Gasteiger partial charge in [0, 0.05) is 6.42 Å². The summed E-state index contributed by atoms with van der Waals surface area (Å²) < 4.78 is 11.3. The Morgan fingerprint density at radius 1 is 1.08 bits per heavy atom. The van der Waals surface area contributed by atoms with Crippen molar-refractivity contribution >= 4 is 0 Å². The van der Waals surface area contributed by atoms with Crippen LogP contribution >= 0.6 is 0 Å². The highest BCUT2D eigenvalue weighted by atomic mass is 16.5. The number of hydrogen-bond acceptors (Lipinski definition) is 5. The molecule has 0 amide bonds. The standard InChI is InChI=1S/C20H24O5/c1-24-20-10-14(5-9-18(20)23)19-12-16(22)11-17(25-19)8-4-13-2-6-15(21)7-3-13/h2-3,5-7,9-10,16-17,19,21-23H,4,8,11-12H2,1H3/t16-,17+,19-/m1/s1. The third kappa shape index (κ3) is 4.44. The van der Waals surface area contributed by atoms with Crippen LogP contribution in [0.15, 0.2) is 42.5 Å². The highest BCUT2D eigenvalue weighted by molar-refractivity contribution is 5.42. The van der Waals surface area contributed by atoms with Crippen molar-refractivity contribution < 1.29 is 24.8 Å². The molecular formula is C20H24O5. The summed E-state index contributed by atoms with van der Waals surface area (Å²) in [6.45, 7) is 0. The smallest absolute Gasteiger partial charge is 0.160 e. The van der Waals surface area contributed by atoms with Crippen LogP contribution in [0.2, 0.25) is 0 Å². The minimum absolute atomic E-state index is 0.0395. The molecule has 0 aliphatic carbocycles. The zero-order valence-electron chi connectivity index (χ0n) is 14.3. The fourth-order valence-corrected chi connectivity index (χ4v) is 3.28. The summed E-state index contributed by atoms with van der Waals surface area (Å²) in [6.07, 6.45) is 2.10. The number of aryl methyl sites for hydroxylation is 1. The minimum Gasteiger partial charge on any atom is -0.508 e. The molecule has 0 saturated carbocycles. The van der Waals surface area contributed by atoms with Crippen LogP contribution in [0.1, 0.15) is 36.5 Å². The second kappa shape index (κ2) is 7.76. The van der Waals surface area contributed by atoms with Gasteiger partial charge in [0.05, 0.1) is 25.4 Å². The van der Waals surface area contributed by atoms with E-state index >= 15 is 0 Å². The highest BCUT2D eigenvalue weighted by Crippen LogP contribution is 2.36. The summed E-state index contributed by atoms with van der Waals surface area (Å²) >= 11 is 0. The molecule has 1 heterocycles. The Morgan fingerprint density at radius 3 is 2.56 bits per heavy atom. The Balaban J connectivity index is 1.65. The first-order valence-electron chi connectivity index (χ1n) is 8.53. The second-order valence-electron chi connectivity index (χ2n) is 6.51. The van der Waals surface area contributed by atoms with Gasteiger partial charge in [0.1, 0.15) is 5.75 Å². The van der Waals surface area contributed by atoms with E-state index in [2.05, 4.69) is 0 Å². The van der Waals surface area contributed by atoms with Gasteiger partial charge in [0.2, 0.25) is 0 Å². The fourth-order valence-electron chi connectivity index (χ4n) is 3.28. The van der Waals surface area contributed by atoms with E-state index in [1.165, 1.54) is 7.11 Å². The van der Waals surface area contributed by atoms with Crippen LogP contribution in [0, 0.1) is 0 Å². The van der Waals surface area contributed by atoms with E-state index in [4.69, 9.17) is 9.47 Å². The molecule has 1 aliphatic heterocycles. The molecule has 5 heteroatoms. The van der Waals surface area contributed by atoms with Gasteiger partial charge >= 0.3 is 0 Å². The van der Waals surface area contributed by atoms with Gasteiger partial charge in [-0.1, -0.05) is 18.2 Å². The zero-order chi connectivity index (χ0) is 17.8. The quantitative estimate of drug-likeness (QED) is 0.775. The number of aliphatic hydroxyl groups is 1. The summed E-state index contributed by atoms with van der Waals surface area (Å²) in [7, 11) is 1.51. The van der Waals surface area contributed by atoms with Crippen molar-refractivity contribution in [3.63, 3.8) is 0 Å². The normalized spacial score (nSPS) is 23.4. The average Bonchev–Trinajstić information content (AvgIpc) is 2.61. The third-order valence-electron chi connectivity index (χ3n) is 4.64. The summed E-state index contributed by atoms with van der Waals surface area (Å²) in [5, 5.41) is 29.3. The molecule has 1 fully saturated rings. The van der Waals surface area contributed by atoms with Crippen LogP contribution in [0.25, 0.3) is 0 Å². The average molecular weight is 344 g/mol. The molecule has 0 radical (unpaired) electrons.